The minimum absolute atomic E-state index is 0.0228. The molecule has 0 spiro atoms. The molecule has 0 radical (unpaired) electrons. The summed E-state index contributed by atoms with van der Waals surface area (Å²) in [5, 5.41) is 8.95. The van der Waals surface area contributed by atoms with Crippen molar-refractivity contribution in [1.82, 2.24) is 4.90 Å². The molecule has 2 rings (SSSR count). The summed E-state index contributed by atoms with van der Waals surface area (Å²) in [4.78, 5) is 24.6. The van der Waals surface area contributed by atoms with Gasteiger partial charge in [-0.05, 0) is 24.5 Å². The minimum atomic E-state index is -1.03. The largest absolute Gasteiger partial charge is 0.480 e. The summed E-state index contributed by atoms with van der Waals surface area (Å²) in [5.74, 6) is -1.77. The van der Waals surface area contributed by atoms with E-state index in [1.165, 1.54) is 11.0 Å². The van der Waals surface area contributed by atoms with Gasteiger partial charge in [-0.2, -0.15) is 0 Å². The maximum Gasteiger partial charge on any atom is 0.323 e. The lowest BCUT2D eigenvalue weighted by Gasteiger charge is -2.27. The molecule has 0 saturated heterocycles. The Balaban J connectivity index is 2.09. The summed E-state index contributed by atoms with van der Waals surface area (Å²) in [6, 6.07) is 6.07. The van der Waals surface area contributed by atoms with Crippen molar-refractivity contribution in [2.45, 2.75) is 38.1 Å². The van der Waals surface area contributed by atoms with Crippen molar-refractivity contribution >= 4 is 11.9 Å². The van der Waals surface area contributed by atoms with Gasteiger partial charge in [-0.25, -0.2) is 4.39 Å². The molecule has 1 aliphatic rings. The zero-order valence-electron chi connectivity index (χ0n) is 11.2. The van der Waals surface area contributed by atoms with Crippen LogP contribution in [0.5, 0.6) is 0 Å². The van der Waals surface area contributed by atoms with Crippen LogP contribution in [-0.2, 0) is 16.0 Å². The van der Waals surface area contributed by atoms with E-state index in [4.69, 9.17) is 5.11 Å². The first kappa shape index (κ1) is 14.5. The molecule has 1 saturated carbocycles. The van der Waals surface area contributed by atoms with Crippen LogP contribution in [-0.4, -0.2) is 34.5 Å². The fraction of sp³-hybridized carbons (Fsp3) is 0.467. The third-order valence-electron chi connectivity index (χ3n) is 3.69. The van der Waals surface area contributed by atoms with Gasteiger partial charge in [0.25, 0.3) is 0 Å². The Morgan fingerprint density at radius 3 is 2.50 bits per heavy atom. The van der Waals surface area contributed by atoms with Gasteiger partial charge in [0.1, 0.15) is 12.4 Å². The number of carboxylic acid groups (broad SMARTS) is 1. The molecular formula is C15H18FNO3. The van der Waals surface area contributed by atoms with Crippen molar-refractivity contribution in [3.63, 3.8) is 0 Å². The first-order valence-corrected chi connectivity index (χ1v) is 6.82. The van der Waals surface area contributed by atoms with Crippen LogP contribution in [0.15, 0.2) is 24.3 Å². The molecule has 1 fully saturated rings. The minimum Gasteiger partial charge on any atom is -0.480 e. The summed E-state index contributed by atoms with van der Waals surface area (Å²) >= 11 is 0. The topological polar surface area (TPSA) is 57.6 Å². The lowest BCUT2D eigenvalue weighted by atomic mass is 10.1. The van der Waals surface area contributed by atoms with Crippen LogP contribution >= 0.6 is 0 Å². The van der Waals surface area contributed by atoms with Gasteiger partial charge in [0.05, 0.1) is 6.42 Å². The third kappa shape index (κ3) is 3.56. The molecule has 1 N–H and O–H groups in total. The van der Waals surface area contributed by atoms with Crippen molar-refractivity contribution < 1.29 is 19.1 Å². The number of hydrogen-bond acceptors (Lipinski definition) is 2. The predicted octanol–water partition coefficient (Wildman–Crippen LogP) is 2.22. The van der Waals surface area contributed by atoms with Crippen molar-refractivity contribution in [2.75, 3.05) is 6.54 Å². The van der Waals surface area contributed by atoms with Gasteiger partial charge in [0, 0.05) is 6.04 Å². The number of carboxylic acids is 1. The number of nitrogens with zero attached hydrogens (tertiary/aromatic N) is 1. The summed E-state index contributed by atoms with van der Waals surface area (Å²) in [7, 11) is 0. The van der Waals surface area contributed by atoms with Gasteiger partial charge >= 0.3 is 5.97 Å². The van der Waals surface area contributed by atoms with E-state index in [9.17, 15) is 14.0 Å². The highest BCUT2D eigenvalue weighted by Gasteiger charge is 2.28. The van der Waals surface area contributed by atoms with Crippen LogP contribution in [0.2, 0.25) is 0 Å². The van der Waals surface area contributed by atoms with E-state index in [1.54, 1.807) is 18.2 Å². The van der Waals surface area contributed by atoms with E-state index in [0.717, 1.165) is 25.7 Å². The van der Waals surface area contributed by atoms with E-state index >= 15 is 0 Å². The molecule has 0 bridgehead atoms. The maximum absolute atomic E-state index is 13.6. The number of benzene rings is 1. The lowest BCUT2D eigenvalue weighted by molar-refractivity contribution is -0.145. The van der Waals surface area contributed by atoms with Crippen molar-refractivity contribution in [2.24, 2.45) is 0 Å². The lowest BCUT2D eigenvalue weighted by Crippen LogP contribution is -2.43. The zero-order chi connectivity index (χ0) is 14.5. The van der Waals surface area contributed by atoms with E-state index in [1.807, 2.05) is 0 Å². The van der Waals surface area contributed by atoms with Crippen LogP contribution in [0, 0.1) is 5.82 Å². The van der Waals surface area contributed by atoms with Crippen molar-refractivity contribution in [3.05, 3.63) is 35.6 Å². The highest BCUT2D eigenvalue weighted by Crippen LogP contribution is 2.24. The summed E-state index contributed by atoms with van der Waals surface area (Å²) < 4.78 is 13.6. The number of carbonyl (C=O) groups is 2. The number of aliphatic carboxylic acids is 1. The molecule has 0 unspecified atom stereocenters. The van der Waals surface area contributed by atoms with Gasteiger partial charge in [-0.3, -0.25) is 9.59 Å². The molecule has 0 aliphatic heterocycles. The first-order chi connectivity index (χ1) is 9.58. The molecule has 0 atom stereocenters. The summed E-state index contributed by atoms with van der Waals surface area (Å²) in [6.07, 6.45) is 3.59. The monoisotopic (exact) mass is 279 g/mol. The molecular weight excluding hydrogens is 261 g/mol. The van der Waals surface area contributed by atoms with Crippen molar-refractivity contribution in [3.8, 4) is 0 Å². The molecule has 1 aromatic rings. The fourth-order valence-corrected chi connectivity index (χ4v) is 2.69. The molecule has 5 heteroatoms. The zero-order valence-corrected chi connectivity index (χ0v) is 11.2. The molecule has 1 aliphatic carbocycles. The molecule has 1 amide bonds. The van der Waals surface area contributed by atoms with Crippen LogP contribution < -0.4 is 0 Å². The maximum atomic E-state index is 13.6. The van der Waals surface area contributed by atoms with Crippen LogP contribution in [0.3, 0.4) is 0 Å². The Hall–Kier alpha value is -1.91. The van der Waals surface area contributed by atoms with E-state index in [2.05, 4.69) is 0 Å². The quantitative estimate of drug-likeness (QED) is 0.899. The third-order valence-corrected chi connectivity index (χ3v) is 3.69. The van der Waals surface area contributed by atoms with Gasteiger partial charge in [-0.1, -0.05) is 31.0 Å². The second kappa shape index (κ2) is 6.50. The Labute approximate surface area is 117 Å². The predicted molar refractivity (Wildman–Crippen MR) is 71.7 cm³/mol. The van der Waals surface area contributed by atoms with Gasteiger partial charge in [-0.15, -0.1) is 0 Å². The van der Waals surface area contributed by atoms with E-state index in [-0.39, 0.29) is 24.9 Å². The molecule has 0 aromatic heterocycles. The molecule has 0 heterocycles. The van der Waals surface area contributed by atoms with Gasteiger partial charge in [0.2, 0.25) is 5.91 Å². The van der Waals surface area contributed by atoms with Crippen LogP contribution in [0.25, 0.3) is 0 Å². The summed E-state index contributed by atoms with van der Waals surface area (Å²) in [6.45, 7) is -0.308. The molecule has 20 heavy (non-hydrogen) atoms. The molecule has 1 aromatic carbocycles. The van der Waals surface area contributed by atoms with E-state index in [0.29, 0.717) is 5.56 Å². The standard InChI is InChI=1S/C15H18FNO3/c16-13-8-4-1-5-11(13)9-14(18)17(10-15(19)20)12-6-2-3-7-12/h1,4-5,8,12H,2-3,6-7,9-10H2,(H,19,20). The van der Waals surface area contributed by atoms with Crippen LogP contribution in [0.4, 0.5) is 4.39 Å². The number of halogens is 1. The molecule has 4 nitrogen and oxygen atoms in total. The van der Waals surface area contributed by atoms with Gasteiger partial charge < -0.3 is 10.0 Å². The average molecular weight is 279 g/mol. The second-order valence-electron chi connectivity index (χ2n) is 5.12. The molecule has 108 valence electrons. The highest BCUT2D eigenvalue weighted by molar-refractivity contribution is 5.83. The summed E-state index contributed by atoms with van der Waals surface area (Å²) in [5.41, 5.74) is 0.311. The SMILES string of the molecule is O=C(O)CN(C(=O)Cc1ccccc1F)C1CCCC1. The number of carbonyl (C=O) groups excluding carboxylic acids is 1. The fourth-order valence-electron chi connectivity index (χ4n) is 2.69. The van der Waals surface area contributed by atoms with Crippen molar-refractivity contribution in [1.29, 1.82) is 0 Å². The average Bonchev–Trinajstić information content (AvgIpc) is 2.92. The smallest absolute Gasteiger partial charge is 0.323 e. The van der Waals surface area contributed by atoms with Crippen LogP contribution in [0.1, 0.15) is 31.2 Å². The Kier molecular flexibility index (Phi) is 4.71. The Morgan fingerprint density at radius 1 is 1.25 bits per heavy atom. The Bertz CT molecular complexity index is 498. The number of amides is 1. The first-order valence-electron chi connectivity index (χ1n) is 6.82. The van der Waals surface area contributed by atoms with Gasteiger partial charge in [0.15, 0.2) is 0 Å². The highest BCUT2D eigenvalue weighted by atomic mass is 19.1. The normalized spacial score (nSPS) is 15.2. The Morgan fingerprint density at radius 2 is 1.90 bits per heavy atom. The van der Waals surface area contributed by atoms with E-state index < -0.39 is 11.8 Å². The number of rotatable bonds is 5. The number of hydrogen-bond donors (Lipinski definition) is 1. The second-order valence-corrected chi connectivity index (χ2v) is 5.12.